The van der Waals surface area contributed by atoms with Crippen LogP contribution in [0.3, 0.4) is 0 Å². The fourth-order valence-corrected chi connectivity index (χ4v) is 6.06. The van der Waals surface area contributed by atoms with Crippen LogP contribution in [0.4, 0.5) is 10.1 Å². The van der Waals surface area contributed by atoms with Crippen LogP contribution >= 0.6 is 23.2 Å². The number of para-hydroxylation sites is 1. The average molecular weight is 587 g/mol. The Morgan fingerprint density at radius 3 is 2.42 bits per heavy atom. The molecule has 0 heterocycles. The summed E-state index contributed by atoms with van der Waals surface area (Å²) < 4.78 is 40.0. The van der Waals surface area contributed by atoms with Gasteiger partial charge in [-0.1, -0.05) is 60.7 Å². The molecule has 208 valence electrons. The van der Waals surface area contributed by atoms with E-state index < -0.39 is 21.9 Å². The molecule has 0 saturated heterocycles. The van der Waals surface area contributed by atoms with Crippen molar-refractivity contribution in [1.29, 1.82) is 0 Å². The molecule has 38 heavy (non-hydrogen) atoms. The SMILES string of the molecule is C[C@@H](C(=O)NC1CCCCC1)N(Cc1ccc(Cl)cc1Cl)C(=O)CCCN(c1ccccc1F)S(C)(=O)=O. The number of sulfonamides is 1. The van der Waals surface area contributed by atoms with E-state index in [9.17, 15) is 22.4 Å². The lowest BCUT2D eigenvalue weighted by atomic mass is 9.95. The molecule has 1 aliphatic carbocycles. The smallest absolute Gasteiger partial charge is 0.242 e. The molecule has 1 N–H and O–H groups in total. The van der Waals surface area contributed by atoms with Crippen molar-refractivity contribution in [3.8, 4) is 0 Å². The normalized spacial score (nSPS) is 15.1. The summed E-state index contributed by atoms with van der Waals surface area (Å²) in [5.74, 6) is -1.26. The van der Waals surface area contributed by atoms with Gasteiger partial charge in [-0.05, 0) is 56.0 Å². The number of nitrogens with zero attached hydrogens (tertiary/aromatic N) is 2. The number of halogens is 3. The van der Waals surface area contributed by atoms with Crippen LogP contribution in [0.1, 0.15) is 57.4 Å². The summed E-state index contributed by atoms with van der Waals surface area (Å²) in [4.78, 5) is 28.0. The van der Waals surface area contributed by atoms with Gasteiger partial charge < -0.3 is 10.2 Å². The Kier molecular flexibility index (Phi) is 10.8. The molecule has 1 aliphatic rings. The van der Waals surface area contributed by atoms with E-state index in [4.69, 9.17) is 23.2 Å². The largest absolute Gasteiger partial charge is 0.352 e. The van der Waals surface area contributed by atoms with Crippen LogP contribution in [-0.2, 0) is 26.2 Å². The number of carbonyl (C=O) groups is 2. The molecule has 1 fully saturated rings. The van der Waals surface area contributed by atoms with Gasteiger partial charge >= 0.3 is 0 Å². The molecule has 2 aromatic carbocycles. The minimum atomic E-state index is -3.79. The van der Waals surface area contributed by atoms with Crippen LogP contribution in [-0.4, -0.2) is 50.0 Å². The maximum Gasteiger partial charge on any atom is 0.242 e. The maximum absolute atomic E-state index is 14.3. The molecule has 1 atom stereocenters. The third-order valence-electron chi connectivity index (χ3n) is 6.75. The molecule has 2 amide bonds. The monoisotopic (exact) mass is 585 g/mol. The van der Waals surface area contributed by atoms with Crippen molar-refractivity contribution in [1.82, 2.24) is 10.2 Å². The third kappa shape index (κ3) is 8.32. The van der Waals surface area contributed by atoms with Crippen molar-refractivity contribution in [2.24, 2.45) is 0 Å². The Hall–Kier alpha value is -2.36. The van der Waals surface area contributed by atoms with Crippen molar-refractivity contribution >= 4 is 50.7 Å². The molecule has 2 aromatic rings. The van der Waals surface area contributed by atoms with E-state index in [1.807, 2.05) is 0 Å². The predicted molar refractivity (Wildman–Crippen MR) is 149 cm³/mol. The Morgan fingerprint density at radius 1 is 1.11 bits per heavy atom. The number of benzene rings is 2. The number of carbonyl (C=O) groups excluding carboxylic acids is 2. The summed E-state index contributed by atoms with van der Waals surface area (Å²) in [6, 6.07) is 9.83. The topological polar surface area (TPSA) is 86.8 Å². The quantitative estimate of drug-likeness (QED) is 0.375. The average Bonchev–Trinajstić information content (AvgIpc) is 2.86. The van der Waals surface area contributed by atoms with Gasteiger partial charge in [-0.3, -0.25) is 13.9 Å². The maximum atomic E-state index is 14.3. The molecule has 0 bridgehead atoms. The zero-order chi connectivity index (χ0) is 27.9. The molecule has 0 aliphatic heterocycles. The van der Waals surface area contributed by atoms with E-state index in [1.54, 1.807) is 31.2 Å². The number of amides is 2. The van der Waals surface area contributed by atoms with Crippen LogP contribution in [0.25, 0.3) is 0 Å². The van der Waals surface area contributed by atoms with Crippen LogP contribution < -0.4 is 9.62 Å². The van der Waals surface area contributed by atoms with Crippen molar-refractivity contribution in [2.75, 3.05) is 17.1 Å². The first-order valence-corrected chi connectivity index (χ1v) is 15.3. The van der Waals surface area contributed by atoms with Crippen molar-refractivity contribution in [3.63, 3.8) is 0 Å². The second kappa shape index (κ2) is 13.6. The lowest BCUT2D eigenvalue weighted by Gasteiger charge is -2.32. The Bertz CT molecular complexity index is 1240. The highest BCUT2D eigenvalue weighted by molar-refractivity contribution is 7.92. The zero-order valence-electron chi connectivity index (χ0n) is 21.6. The number of rotatable bonds is 11. The van der Waals surface area contributed by atoms with Crippen LogP contribution in [0.15, 0.2) is 42.5 Å². The van der Waals surface area contributed by atoms with Gasteiger partial charge in [0.2, 0.25) is 21.8 Å². The Labute approximate surface area is 234 Å². The van der Waals surface area contributed by atoms with Gasteiger partial charge in [0.15, 0.2) is 0 Å². The number of nitrogens with one attached hydrogen (secondary N) is 1. The standard InChI is InChI=1S/C27H34Cl2FN3O4S/c1-19(27(35)31-22-9-4-3-5-10-22)32(18-20-14-15-21(28)17-23(20)29)26(34)13-8-16-33(38(2,36)37)25-12-7-6-11-24(25)30/h6-7,11-12,14-15,17,19,22H,3-5,8-10,13,16,18H2,1-2H3,(H,31,35)/t19-/m0/s1. The van der Waals surface area contributed by atoms with Gasteiger partial charge in [-0.25, -0.2) is 12.8 Å². The van der Waals surface area contributed by atoms with Crippen LogP contribution in [0, 0.1) is 5.82 Å². The fraction of sp³-hybridized carbons (Fsp3) is 0.481. The second-order valence-corrected chi connectivity index (χ2v) is 12.4. The Morgan fingerprint density at radius 2 is 1.79 bits per heavy atom. The molecular weight excluding hydrogens is 552 g/mol. The highest BCUT2D eigenvalue weighted by atomic mass is 35.5. The molecule has 1 saturated carbocycles. The highest BCUT2D eigenvalue weighted by Gasteiger charge is 2.29. The molecule has 0 radical (unpaired) electrons. The summed E-state index contributed by atoms with van der Waals surface area (Å²) in [5, 5.41) is 3.89. The van der Waals surface area contributed by atoms with Gasteiger partial charge in [0.05, 0.1) is 11.9 Å². The van der Waals surface area contributed by atoms with Gasteiger partial charge in [0.1, 0.15) is 11.9 Å². The van der Waals surface area contributed by atoms with Crippen molar-refractivity contribution in [3.05, 3.63) is 63.9 Å². The van der Waals surface area contributed by atoms with E-state index in [1.165, 1.54) is 23.1 Å². The van der Waals surface area contributed by atoms with Gasteiger partial charge in [-0.15, -0.1) is 0 Å². The second-order valence-electron chi connectivity index (χ2n) is 9.67. The van der Waals surface area contributed by atoms with E-state index in [0.29, 0.717) is 15.6 Å². The first-order valence-electron chi connectivity index (χ1n) is 12.7. The molecule has 0 spiro atoms. The van der Waals surface area contributed by atoms with Crippen molar-refractivity contribution < 1.29 is 22.4 Å². The molecule has 0 unspecified atom stereocenters. The third-order valence-corrected chi connectivity index (χ3v) is 8.51. The summed E-state index contributed by atoms with van der Waals surface area (Å²) in [7, 11) is -3.79. The number of hydrogen-bond acceptors (Lipinski definition) is 4. The van der Waals surface area contributed by atoms with Gasteiger partial charge in [0.25, 0.3) is 0 Å². The number of anilines is 1. The van der Waals surface area contributed by atoms with Crippen molar-refractivity contribution in [2.45, 2.75) is 70.5 Å². The minimum absolute atomic E-state index is 0.0489. The van der Waals surface area contributed by atoms with E-state index >= 15 is 0 Å². The summed E-state index contributed by atoms with van der Waals surface area (Å²) in [5.41, 5.74) is 0.554. The van der Waals surface area contributed by atoms with E-state index in [-0.39, 0.29) is 49.5 Å². The first kappa shape index (κ1) is 30.2. The molecule has 0 aromatic heterocycles. The molecular formula is C27H34Cl2FN3O4S. The Balaban J connectivity index is 1.75. The van der Waals surface area contributed by atoms with Crippen LogP contribution in [0.2, 0.25) is 10.0 Å². The lowest BCUT2D eigenvalue weighted by molar-refractivity contribution is -0.141. The summed E-state index contributed by atoms with van der Waals surface area (Å²) >= 11 is 12.4. The minimum Gasteiger partial charge on any atom is -0.352 e. The number of hydrogen-bond donors (Lipinski definition) is 1. The summed E-state index contributed by atoms with van der Waals surface area (Å²) in [6.45, 7) is 1.66. The molecule has 11 heteroatoms. The van der Waals surface area contributed by atoms with E-state index in [2.05, 4.69) is 5.32 Å². The predicted octanol–water partition coefficient (Wildman–Crippen LogP) is 5.54. The van der Waals surface area contributed by atoms with E-state index in [0.717, 1.165) is 42.7 Å². The van der Waals surface area contributed by atoms with Crippen LogP contribution in [0.5, 0.6) is 0 Å². The fourth-order valence-electron chi connectivity index (χ4n) is 4.62. The summed E-state index contributed by atoms with van der Waals surface area (Å²) in [6.07, 6.45) is 6.16. The van der Waals surface area contributed by atoms with Gasteiger partial charge in [-0.2, -0.15) is 0 Å². The molecule has 3 rings (SSSR count). The van der Waals surface area contributed by atoms with Gasteiger partial charge in [0, 0.05) is 35.6 Å². The molecule has 7 nitrogen and oxygen atoms in total. The highest BCUT2D eigenvalue weighted by Crippen LogP contribution is 2.25. The first-order chi connectivity index (χ1) is 18.0. The lowest BCUT2D eigenvalue weighted by Crippen LogP contribution is -2.50. The zero-order valence-corrected chi connectivity index (χ0v) is 24.0.